The van der Waals surface area contributed by atoms with Gasteiger partial charge in [0.25, 0.3) is 0 Å². The van der Waals surface area contributed by atoms with E-state index >= 15 is 0 Å². The Morgan fingerprint density at radius 2 is 2.11 bits per heavy atom. The van der Waals surface area contributed by atoms with Gasteiger partial charge in [0, 0.05) is 50.7 Å². The van der Waals surface area contributed by atoms with Crippen LogP contribution < -0.4 is 10.6 Å². The van der Waals surface area contributed by atoms with Gasteiger partial charge in [-0.15, -0.1) is 11.3 Å². The highest BCUT2D eigenvalue weighted by Crippen LogP contribution is 2.11. The van der Waals surface area contributed by atoms with Crippen molar-refractivity contribution in [3.8, 4) is 0 Å². The summed E-state index contributed by atoms with van der Waals surface area (Å²) in [6.07, 6.45) is 2.48. The van der Waals surface area contributed by atoms with Crippen molar-refractivity contribution in [1.82, 2.24) is 20.5 Å². The molecule has 0 spiro atoms. The Kier molecular flexibility index (Phi) is 9.55. The predicted octanol–water partition coefficient (Wildman–Crippen LogP) is 3.05. The number of hydrogen-bond donors (Lipinski definition) is 2. The minimum Gasteiger partial charge on any atom is -0.444 e. The Labute approximate surface area is 167 Å². The predicted molar refractivity (Wildman–Crippen MR) is 113 cm³/mol. The van der Waals surface area contributed by atoms with Gasteiger partial charge < -0.3 is 20.3 Å². The standard InChI is InChI=1S/C19H35N5O2S/c1-8-20-17(21-10-9-16-22-12-15(3)27-16)23-11-14(2)13-24(7)18(25)26-19(4,5)6/h12,14H,8-11,13H2,1-7H3,(H2,20,21,23). The Bertz CT molecular complexity index is 609. The summed E-state index contributed by atoms with van der Waals surface area (Å²) in [7, 11) is 1.76. The summed E-state index contributed by atoms with van der Waals surface area (Å²) in [4.78, 5) is 23.9. The zero-order chi connectivity index (χ0) is 20.4. The smallest absolute Gasteiger partial charge is 0.410 e. The van der Waals surface area contributed by atoms with E-state index in [1.54, 1.807) is 23.3 Å². The van der Waals surface area contributed by atoms with Gasteiger partial charge in [0.15, 0.2) is 5.96 Å². The molecule has 1 aromatic rings. The van der Waals surface area contributed by atoms with Crippen molar-refractivity contribution in [3.63, 3.8) is 0 Å². The minimum atomic E-state index is -0.481. The lowest BCUT2D eigenvalue weighted by Gasteiger charge is -2.26. The number of amides is 1. The third-order valence-corrected chi connectivity index (χ3v) is 4.47. The average Bonchev–Trinajstić information content (AvgIpc) is 2.96. The number of ether oxygens (including phenoxy) is 1. The van der Waals surface area contributed by atoms with Gasteiger partial charge in [-0.3, -0.25) is 4.99 Å². The largest absolute Gasteiger partial charge is 0.444 e. The first-order chi connectivity index (χ1) is 12.6. The van der Waals surface area contributed by atoms with Crippen molar-refractivity contribution in [1.29, 1.82) is 0 Å². The maximum atomic E-state index is 12.1. The van der Waals surface area contributed by atoms with E-state index in [-0.39, 0.29) is 12.0 Å². The van der Waals surface area contributed by atoms with Crippen LogP contribution in [0.2, 0.25) is 0 Å². The maximum Gasteiger partial charge on any atom is 0.410 e. The molecule has 1 rings (SSSR count). The number of aryl methyl sites for hydroxylation is 1. The van der Waals surface area contributed by atoms with Crippen LogP contribution >= 0.6 is 11.3 Å². The molecule has 0 aromatic carbocycles. The van der Waals surface area contributed by atoms with Crippen LogP contribution in [0.4, 0.5) is 4.79 Å². The third-order valence-electron chi connectivity index (χ3n) is 3.50. The van der Waals surface area contributed by atoms with Crippen molar-refractivity contribution in [3.05, 3.63) is 16.1 Å². The Hall–Kier alpha value is -1.83. The summed E-state index contributed by atoms with van der Waals surface area (Å²) in [5.41, 5.74) is -0.481. The zero-order valence-electron chi connectivity index (χ0n) is 17.8. The van der Waals surface area contributed by atoms with E-state index < -0.39 is 5.60 Å². The van der Waals surface area contributed by atoms with E-state index in [1.165, 1.54) is 4.88 Å². The van der Waals surface area contributed by atoms with Gasteiger partial charge in [0.05, 0.1) is 5.01 Å². The van der Waals surface area contributed by atoms with Crippen LogP contribution in [0.5, 0.6) is 0 Å². The summed E-state index contributed by atoms with van der Waals surface area (Å²) in [5.74, 6) is 1.01. The Balaban J connectivity index is 2.44. The van der Waals surface area contributed by atoms with E-state index in [9.17, 15) is 4.79 Å². The highest BCUT2D eigenvalue weighted by molar-refractivity contribution is 7.11. The van der Waals surface area contributed by atoms with Crippen LogP contribution in [0, 0.1) is 12.8 Å². The number of carbonyl (C=O) groups is 1. The summed E-state index contributed by atoms with van der Waals surface area (Å²) in [6.45, 7) is 14.6. The van der Waals surface area contributed by atoms with Crippen LogP contribution in [0.25, 0.3) is 0 Å². The first kappa shape index (κ1) is 23.2. The van der Waals surface area contributed by atoms with Crippen LogP contribution in [0.1, 0.15) is 44.5 Å². The van der Waals surface area contributed by atoms with E-state index in [0.717, 1.165) is 30.5 Å². The van der Waals surface area contributed by atoms with E-state index in [4.69, 9.17) is 4.74 Å². The molecule has 0 bridgehead atoms. The molecule has 0 radical (unpaired) electrons. The molecule has 1 amide bonds. The molecule has 1 atom stereocenters. The van der Waals surface area contributed by atoms with E-state index in [2.05, 4.69) is 34.5 Å². The number of aromatic nitrogens is 1. The summed E-state index contributed by atoms with van der Waals surface area (Å²) < 4.78 is 5.38. The van der Waals surface area contributed by atoms with Crippen LogP contribution in [0.3, 0.4) is 0 Å². The molecule has 0 fully saturated rings. The molecule has 0 saturated heterocycles. The number of guanidine groups is 1. The second-order valence-electron chi connectivity index (χ2n) is 7.73. The minimum absolute atomic E-state index is 0.222. The second kappa shape index (κ2) is 11.1. The SMILES string of the molecule is CCNC(=NCC(C)CN(C)C(=O)OC(C)(C)C)NCCc1ncc(C)s1. The number of nitrogens with one attached hydrogen (secondary N) is 2. The Morgan fingerprint density at radius 3 is 2.67 bits per heavy atom. The molecule has 0 aliphatic heterocycles. The van der Waals surface area contributed by atoms with Gasteiger partial charge in [-0.2, -0.15) is 0 Å². The second-order valence-corrected chi connectivity index (χ2v) is 9.05. The molecular weight excluding hydrogens is 362 g/mol. The average molecular weight is 398 g/mol. The number of thiazole rings is 1. The molecule has 27 heavy (non-hydrogen) atoms. The Morgan fingerprint density at radius 1 is 1.41 bits per heavy atom. The fourth-order valence-corrected chi connectivity index (χ4v) is 3.12. The van der Waals surface area contributed by atoms with Crippen LogP contribution in [0.15, 0.2) is 11.2 Å². The van der Waals surface area contributed by atoms with E-state index in [0.29, 0.717) is 13.1 Å². The monoisotopic (exact) mass is 397 g/mol. The number of hydrogen-bond acceptors (Lipinski definition) is 5. The quantitative estimate of drug-likeness (QED) is 0.521. The van der Waals surface area contributed by atoms with Gasteiger partial charge in [-0.1, -0.05) is 6.92 Å². The lowest BCUT2D eigenvalue weighted by molar-refractivity contribution is 0.0279. The van der Waals surface area contributed by atoms with Crippen LogP contribution in [-0.4, -0.2) is 60.8 Å². The molecular formula is C19H35N5O2S. The van der Waals surface area contributed by atoms with Crippen molar-refractivity contribution in [2.24, 2.45) is 10.9 Å². The van der Waals surface area contributed by atoms with Gasteiger partial charge in [-0.25, -0.2) is 9.78 Å². The van der Waals surface area contributed by atoms with Crippen LogP contribution in [-0.2, 0) is 11.2 Å². The van der Waals surface area contributed by atoms with Crippen molar-refractivity contribution in [2.75, 3.05) is 33.2 Å². The molecule has 1 aromatic heterocycles. The lowest BCUT2D eigenvalue weighted by atomic mass is 10.2. The fraction of sp³-hybridized carbons (Fsp3) is 0.737. The van der Waals surface area contributed by atoms with Crippen molar-refractivity contribution >= 4 is 23.4 Å². The molecule has 154 valence electrons. The summed E-state index contributed by atoms with van der Waals surface area (Å²) in [6, 6.07) is 0. The van der Waals surface area contributed by atoms with E-state index in [1.807, 2.05) is 33.9 Å². The molecule has 0 aliphatic rings. The number of rotatable bonds is 8. The summed E-state index contributed by atoms with van der Waals surface area (Å²) >= 11 is 1.72. The maximum absolute atomic E-state index is 12.1. The topological polar surface area (TPSA) is 78.9 Å². The zero-order valence-corrected chi connectivity index (χ0v) is 18.6. The fourth-order valence-electron chi connectivity index (χ4n) is 2.33. The summed E-state index contributed by atoms with van der Waals surface area (Å²) in [5, 5.41) is 7.72. The number of carbonyl (C=O) groups excluding carboxylic acids is 1. The lowest BCUT2D eigenvalue weighted by Crippen LogP contribution is -2.39. The molecule has 8 heteroatoms. The molecule has 1 heterocycles. The highest BCUT2D eigenvalue weighted by Gasteiger charge is 2.20. The molecule has 0 saturated carbocycles. The number of aliphatic imine (C=N–C) groups is 1. The molecule has 0 aliphatic carbocycles. The molecule has 2 N–H and O–H groups in total. The molecule has 1 unspecified atom stereocenters. The number of nitrogens with zero attached hydrogens (tertiary/aromatic N) is 3. The van der Waals surface area contributed by atoms with Gasteiger partial charge in [0.1, 0.15) is 5.60 Å². The van der Waals surface area contributed by atoms with Gasteiger partial charge in [-0.05, 0) is 40.5 Å². The van der Waals surface area contributed by atoms with Gasteiger partial charge in [0.2, 0.25) is 0 Å². The van der Waals surface area contributed by atoms with Gasteiger partial charge >= 0.3 is 6.09 Å². The first-order valence-corrected chi connectivity index (χ1v) is 10.3. The van der Waals surface area contributed by atoms with Crippen molar-refractivity contribution in [2.45, 2.75) is 53.6 Å². The first-order valence-electron chi connectivity index (χ1n) is 9.48. The van der Waals surface area contributed by atoms with Crippen molar-refractivity contribution < 1.29 is 9.53 Å². The normalized spacial score (nSPS) is 13.2. The molecule has 7 nitrogen and oxygen atoms in total. The third kappa shape index (κ3) is 10.2. The highest BCUT2D eigenvalue weighted by atomic mass is 32.1.